The molecule has 0 aliphatic carbocycles. The van der Waals surface area contributed by atoms with Crippen molar-refractivity contribution in [2.75, 3.05) is 14.2 Å². The zero-order valence-corrected chi connectivity index (χ0v) is 11.4. The minimum atomic E-state index is -0.854. The molecule has 10 heteroatoms. The summed E-state index contributed by atoms with van der Waals surface area (Å²) in [5.74, 6) is -1.17. The molecule has 0 N–H and O–H groups in total. The summed E-state index contributed by atoms with van der Waals surface area (Å²) in [6.45, 7) is 0.459. The Morgan fingerprint density at radius 2 is 1.81 bits per heavy atom. The van der Waals surface area contributed by atoms with Gasteiger partial charge in [-0.25, -0.2) is 0 Å². The zero-order chi connectivity index (χ0) is 16.2. The molecule has 1 aromatic rings. The van der Waals surface area contributed by atoms with E-state index in [1.807, 2.05) is 0 Å². The molecule has 0 aromatic heterocycles. The third-order valence-corrected chi connectivity index (χ3v) is 2.52. The van der Waals surface area contributed by atoms with Crippen molar-refractivity contribution in [3.05, 3.63) is 31.9 Å². The van der Waals surface area contributed by atoms with E-state index in [4.69, 9.17) is 9.47 Å². The van der Waals surface area contributed by atoms with Crippen molar-refractivity contribution in [1.82, 2.24) is 0 Å². The fraction of sp³-hybridized carbons (Fsp3) is 0.364. The summed E-state index contributed by atoms with van der Waals surface area (Å²) < 4.78 is 14.4. The third kappa shape index (κ3) is 3.35. The van der Waals surface area contributed by atoms with Gasteiger partial charge in [-0.3, -0.25) is 25.0 Å². The monoisotopic (exact) mass is 300 g/mol. The molecule has 0 bridgehead atoms. The lowest BCUT2D eigenvalue weighted by Gasteiger charge is -2.11. The maximum atomic E-state index is 11.2. The van der Waals surface area contributed by atoms with Gasteiger partial charge in [0.15, 0.2) is 5.75 Å². The van der Waals surface area contributed by atoms with E-state index in [-0.39, 0.29) is 17.1 Å². The van der Waals surface area contributed by atoms with Gasteiger partial charge in [-0.2, -0.15) is 0 Å². The second-order valence-corrected chi connectivity index (χ2v) is 3.75. The molecule has 114 valence electrons. The first-order valence-corrected chi connectivity index (χ1v) is 5.53. The van der Waals surface area contributed by atoms with Gasteiger partial charge < -0.3 is 14.2 Å². The van der Waals surface area contributed by atoms with Gasteiger partial charge in [0.1, 0.15) is 12.2 Å². The van der Waals surface area contributed by atoms with Crippen molar-refractivity contribution in [3.8, 4) is 11.5 Å². The van der Waals surface area contributed by atoms with E-state index in [1.54, 1.807) is 0 Å². The minimum Gasteiger partial charge on any atom is -0.492 e. The first-order chi connectivity index (χ1) is 9.83. The van der Waals surface area contributed by atoms with Crippen molar-refractivity contribution in [2.45, 2.75) is 13.5 Å². The number of nitro groups is 2. The quantitative estimate of drug-likeness (QED) is 0.439. The Morgan fingerprint density at radius 1 is 1.19 bits per heavy atom. The molecule has 0 heterocycles. The molecule has 0 aliphatic heterocycles. The number of hydrogen-bond acceptors (Lipinski definition) is 8. The van der Waals surface area contributed by atoms with Gasteiger partial charge in [0, 0.05) is 6.92 Å². The normalized spacial score (nSPS) is 9.86. The van der Waals surface area contributed by atoms with Gasteiger partial charge in [0.05, 0.1) is 30.1 Å². The van der Waals surface area contributed by atoms with Gasteiger partial charge in [0.25, 0.3) is 5.69 Å². The summed E-state index contributed by atoms with van der Waals surface area (Å²) in [5.41, 5.74) is -1.65. The number of carbonyl (C=O) groups is 1. The highest BCUT2D eigenvalue weighted by atomic mass is 16.6. The number of hydrogen-bond donors (Lipinski definition) is 0. The van der Waals surface area contributed by atoms with Crippen LogP contribution in [0.2, 0.25) is 0 Å². The number of benzene rings is 1. The van der Waals surface area contributed by atoms with Crippen LogP contribution >= 0.6 is 0 Å². The molecule has 21 heavy (non-hydrogen) atoms. The molecule has 0 saturated carbocycles. The van der Waals surface area contributed by atoms with Crippen LogP contribution in [0.5, 0.6) is 11.5 Å². The van der Waals surface area contributed by atoms with E-state index in [9.17, 15) is 25.0 Å². The molecular formula is C11H12N2O8. The number of nitrogens with zero attached hydrogens (tertiary/aromatic N) is 2. The fourth-order valence-corrected chi connectivity index (χ4v) is 1.67. The lowest BCUT2D eigenvalue weighted by Crippen LogP contribution is -2.08. The van der Waals surface area contributed by atoms with Crippen LogP contribution in [0.3, 0.4) is 0 Å². The van der Waals surface area contributed by atoms with Gasteiger partial charge in [0.2, 0.25) is 5.75 Å². The first kappa shape index (κ1) is 16.1. The van der Waals surface area contributed by atoms with Crippen LogP contribution < -0.4 is 9.47 Å². The molecule has 1 aromatic carbocycles. The second-order valence-electron chi connectivity index (χ2n) is 3.75. The number of nitro benzene ring substituents is 2. The highest BCUT2D eigenvalue weighted by Gasteiger charge is 2.34. The molecular weight excluding hydrogens is 288 g/mol. The Labute approximate surface area is 118 Å². The molecule has 0 saturated heterocycles. The largest absolute Gasteiger partial charge is 0.492 e. The van der Waals surface area contributed by atoms with E-state index >= 15 is 0 Å². The van der Waals surface area contributed by atoms with Crippen LogP contribution in [-0.4, -0.2) is 30.0 Å². The molecule has 1 rings (SSSR count). The number of esters is 1. The molecule has 0 atom stereocenters. The van der Waals surface area contributed by atoms with Crippen LogP contribution in [-0.2, 0) is 16.1 Å². The average molecular weight is 300 g/mol. The summed E-state index contributed by atoms with van der Waals surface area (Å²) >= 11 is 0. The number of carbonyl (C=O) groups excluding carboxylic acids is 1. The van der Waals surface area contributed by atoms with Gasteiger partial charge in [-0.05, 0) is 0 Å². The summed E-state index contributed by atoms with van der Waals surface area (Å²) in [5, 5.41) is 22.3. The van der Waals surface area contributed by atoms with E-state index in [2.05, 4.69) is 4.74 Å². The van der Waals surface area contributed by atoms with Gasteiger partial charge in [-0.15, -0.1) is 0 Å². The average Bonchev–Trinajstić information content (AvgIpc) is 2.42. The van der Waals surface area contributed by atoms with Crippen LogP contribution in [0.25, 0.3) is 0 Å². The summed E-state index contributed by atoms with van der Waals surface area (Å²) in [7, 11) is 2.35. The predicted molar refractivity (Wildman–Crippen MR) is 68.3 cm³/mol. The van der Waals surface area contributed by atoms with E-state index in [0.717, 1.165) is 20.1 Å². The van der Waals surface area contributed by atoms with Crippen LogP contribution in [0.15, 0.2) is 6.07 Å². The van der Waals surface area contributed by atoms with Crippen LogP contribution in [0, 0.1) is 20.2 Å². The highest BCUT2D eigenvalue weighted by molar-refractivity contribution is 5.70. The van der Waals surface area contributed by atoms with Crippen molar-refractivity contribution >= 4 is 17.3 Å². The molecule has 0 aliphatic rings. The fourth-order valence-electron chi connectivity index (χ4n) is 1.67. The van der Waals surface area contributed by atoms with E-state index in [0.29, 0.717) is 0 Å². The third-order valence-electron chi connectivity index (χ3n) is 2.52. The van der Waals surface area contributed by atoms with Crippen molar-refractivity contribution < 1.29 is 28.9 Å². The Morgan fingerprint density at radius 3 is 2.19 bits per heavy atom. The number of methoxy groups -OCH3 is 2. The maximum Gasteiger partial charge on any atom is 0.328 e. The van der Waals surface area contributed by atoms with E-state index < -0.39 is 33.8 Å². The van der Waals surface area contributed by atoms with Crippen LogP contribution in [0.4, 0.5) is 11.4 Å². The summed E-state index contributed by atoms with van der Waals surface area (Å²) in [6.07, 6.45) is 0. The zero-order valence-electron chi connectivity index (χ0n) is 11.4. The SMILES string of the molecule is COc1cc([N+](=O)[O-])c(COC(C)=O)c([N+](=O)[O-])c1OC. The van der Waals surface area contributed by atoms with E-state index in [1.165, 1.54) is 7.11 Å². The maximum absolute atomic E-state index is 11.2. The minimum absolute atomic E-state index is 0.164. The van der Waals surface area contributed by atoms with Crippen molar-refractivity contribution in [1.29, 1.82) is 0 Å². The topological polar surface area (TPSA) is 131 Å². The summed E-state index contributed by atoms with van der Waals surface area (Å²) in [4.78, 5) is 31.4. The summed E-state index contributed by atoms with van der Waals surface area (Å²) in [6, 6.07) is 0.977. The molecule has 0 spiro atoms. The molecule has 0 radical (unpaired) electrons. The van der Waals surface area contributed by atoms with Gasteiger partial charge in [-0.1, -0.05) is 0 Å². The first-order valence-electron chi connectivity index (χ1n) is 5.53. The van der Waals surface area contributed by atoms with Gasteiger partial charge >= 0.3 is 11.7 Å². The number of rotatable bonds is 6. The van der Waals surface area contributed by atoms with Crippen LogP contribution in [0.1, 0.15) is 12.5 Å². The standard InChI is InChI=1S/C11H12N2O8/c1-6(14)21-5-7-8(12(15)16)4-9(19-2)11(20-3)10(7)13(17)18/h4H,5H2,1-3H3. The second kappa shape index (κ2) is 6.50. The predicted octanol–water partition coefficient (Wildman–Crippen LogP) is 1.58. The Balaban J connectivity index is 3.64. The van der Waals surface area contributed by atoms with Crippen molar-refractivity contribution in [2.24, 2.45) is 0 Å². The lowest BCUT2D eigenvalue weighted by atomic mass is 10.1. The number of ether oxygens (including phenoxy) is 3. The van der Waals surface area contributed by atoms with Crippen molar-refractivity contribution in [3.63, 3.8) is 0 Å². The molecule has 0 amide bonds. The molecule has 0 unspecified atom stereocenters. The Hall–Kier alpha value is -2.91. The Kier molecular flexibility index (Phi) is 5.00. The lowest BCUT2D eigenvalue weighted by molar-refractivity contribution is -0.396. The molecule has 0 fully saturated rings. The molecule has 10 nitrogen and oxygen atoms in total. The highest BCUT2D eigenvalue weighted by Crippen LogP contribution is 2.44. The smallest absolute Gasteiger partial charge is 0.328 e. The Bertz CT molecular complexity index is 598.